The van der Waals surface area contributed by atoms with E-state index >= 15 is 0 Å². The Morgan fingerprint density at radius 1 is 0.522 bits per heavy atom. The number of rotatable bonds is 29. The van der Waals surface area contributed by atoms with E-state index in [4.69, 9.17) is 35.3 Å². The van der Waals surface area contributed by atoms with Gasteiger partial charge in [0.2, 0.25) is 29.5 Å². The van der Waals surface area contributed by atoms with Gasteiger partial charge in [-0.05, 0) is 112 Å². The topological polar surface area (TPSA) is 350 Å². The first-order valence-corrected chi connectivity index (χ1v) is 30.6. The van der Waals surface area contributed by atoms with E-state index < -0.39 is 52.1 Å². The third kappa shape index (κ3) is 27.3. The number of fused-ring (bicyclic) bond motifs is 6. The van der Waals surface area contributed by atoms with Crippen LogP contribution in [0.5, 0.6) is 0 Å². The third-order valence-electron chi connectivity index (χ3n) is 13.1. The number of esters is 2. The molecule has 10 N–H and O–H groups in total. The van der Waals surface area contributed by atoms with Gasteiger partial charge in [0.25, 0.3) is 0 Å². The molecule has 24 nitrogen and oxygen atoms in total. The molecule has 3 aromatic carbocycles. The molecule has 0 saturated carbocycles. The number of ether oxygens (including phenoxy) is 2. The van der Waals surface area contributed by atoms with Crippen LogP contribution in [0.15, 0.2) is 54.6 Å². The van der Waals surface area contributed by atoms with Crippen molar-refractivity contribution in [2.24, 2.45) is 0 Å². The number of carboxylic acids is 1. The fourth-order valence-electron chi connectivity index (χ4n) is 9.36. The predicted molar refractivity (Wildman–Crippen MR) is 359 cm³/mol. The monoisotopic (exact) mass is 1370 g/mol. The number of unbranched alkanes of at least 4 members (excludes halogenated alkanes) is 4. The number of carboxylic acid groups (broad SMARTS) is 1. The minimum Gasteiger partial charge on any atom is -0.481 e. The summed E-state index contributed by atoms with van der Waals surface area (Å²) in [6.07, 6.45) is 5.69. The maximum Gasteiger partial charge on any atom is 0.306 e. The highest BCUT2D eigenvalue weighted by atomic mass is 127. The van der Waals surface area contributed by atoms with Gasteiger partial charge in [0.15, 0.2) is 5.82 Å². The molecule has 25 heteroatoms. The van der Waals surface area contributed by atoms with E-state index in [1.807, 2.05) is 67.8 Å². The average Bonchev–Trinajstić information content (AvgIpc) is 1.70. The Bertz CT molecular complexity index is 3410. The molecule has 0 fully saturated rings. The lowest BCUT2D eigenvalue weighted by molar-refractivity contribution is -0.156. The summed E-state index contributed by atoms with van der Waals surface area (Å²) >= 11 is 0. The van der Waals surface area contributed by atoms with Crippen LogP contribution in [-0.4, -0.2) is 135 Å². The molecular formula is C65H96IN11O13. The number of carbonyl (C=O) groups is 8. The zero-order chi connectivity index (χ0) is 66.3. The molecule has 3 aromatic heterocycles. The first kappa shape index (κ1) is 76.7. The van der Waals surface area contributed by atoms with Crippen LogP contribution in [0.3, 0.4) is 0 Å². The Morgan fingerprint density at radius 3 is 1.43 bits per heavy atom. The van der Waals surface area contributed by atoms with Crippen molar-refractivity contribution in [3.8, 4) is 0 Å². The standard InChI is InChI=1S/C32H46N6O6.C17H21N3O.C16H28N2O6.HI/c1-7-23-36-28-29(38(23)20-32(5,6)43)21-13-10-11-14-22(21)35-30(28)37-25(40)15-9-8-12-18-33-26(41)19-34-24(39)16-17-27(42)44-31(2,3)4;1-4-14-19-15-13(18)9-11-7-5-6-8-12(11)16(15)20(14)10-17(2,3)21;1-16(2,3)24-15(23)9-8-12(19)18-11-13(20)17-10-6-4-5-7-14(21)22;/h10-11,13-14,43H,7-9,12,15-20H2,1-6H3,(H,33,41)(H,34,39)(H,35,37,40);5-9,21H,4,10,18H2,1-3H3;4-11H2,1-3H3,(H,17,20)(H,18,19)(H,21,22);1H. The molecule has 0 radical (unpaired) electrons. The number of aliphatic hydroxyl groups is 2. The fraction of sp³-hybridized carbons (Fsp3) is 0.554. The van der Waals surface area contributed by atoms with Crippen LogP contribution in [0, 0.1) is 0 Å². The molecule has 496 valence electrons. The summed E-state index contributed by atoms with van der Waals surface area (Å²) in [5.41, 5.74) is 7.92. The van der Waals surface area contributed by atoms with Crippen molar-refractivity contribution in [1.29, 1.82) is 0 Å². The van der Waals surface area contributed by atoms with E-state index in [0.717, 1.165) is 69.1 Å². The number of hydrogen-bond donors (Lipinski definition) is 9. The van der Waals surface area contributed by atoms with E-state index in [-0.39, 0.29) is 93.3 Å². The van der Waals surface area contributed by atoms with Crippen LogP contribution in [-0.2, 0) is 73.8 Å². The summed E-state index contributed by atoms with van der Waals surface area (Å²) < 4.78 is 14.4. The van der Waals surface area contributed by atoms with E-state index in [2.05, 4.69) is 50.2 Å². The molecule has 0 bridgehead atoms. The molecule has 0 spiro atoms. The van der Waals surface area contributed by atoms with Crippen molar-refractivity contribution in [3.63, 3.8) is 0 Å². The van der Waals surface area contributed by atoms with Crippen molar-refractivity contribution in [1.82, 2.24) is 45.4 Å². The second-order valence-electron chi connectivity index (χ2n) is 25.1. The molecule has 0 aliphatic carbocycles. The number of pyridine rings is 1. The zero-order valence-electron chi connectivity index (χ0n) is 54.5. The molecule has 5 amide bonds. The highest BCUT2D eigenvalue weighted by Gasteiger charge is 2.25. The Hall–Kier alpha value is -7.52. The molecular weight excluding hydrogens is 1270 g/mol. The quantitative estimate of drug-likeness (QED) is 0.00919. The summed E-state index contributed by atoms with van der Waals surface area (Å²) in [4.78, 5) is 108. The number of carbonyl (C=O) groups excluding carboxylic acids is 7. The van der Waals surface area contributed by atoms with Gasteiger partial charge in [-0.1, -0.05) is 69.2 Å². The molecule has 0 unspecified atom stereocenters. The summed E-state index contributed by atoms with van der Waals surface area (Å²) in [6.45, 7) is 23.1. The molecule has 0 aliphatic rings. The number of amides is 5. The first-order valence-electron chi connectivity index (χ1n) is 30.6. The number of halogens is 1. The van der Waals surface area contributed by atoms with Crippen LogP contribution in [0.25, 0.3) is 43.7 Å². The summed E-state index contributed by atoms with van der Waals surface area (Å²) in [7, 11) is 0. The Labute approximate surface area is 544 Å². The number of aryl methyl sites for hydroxylation is 2. The summed E-state index contributed by atoms with van der Waals surface area (Å²) in [6, 6.07) is 17.8. The van der Waals surface area contributed by atoms with E-state index in [0.29, 0.717) is 75.3 Å². The Morgan fingerprint density at radius 2 is 0.967 bits per heavy atom. The third-order valence-corrected chi connectivity index (χ3v) is 13.1. The molecule has 6 aromatic rings. The SMILES string of the molecule is CC(C)(C)OC(=O)CCC(=O)NCC(=O)NCCCCCC(=O)O.CCc1nc2c(N)cc3ccccc3c2n1CC(C)(C)O.CCc1nc2c(NC(=O)CCCCCNC(=O)CNC(=O)CCC(=O)OC(C)(C)C)nc3ccccc3c2n1CC(C)(C)O.I. The second kappa shape index (κ2) is 35.8. The maximum absolute atomic E-state index is 12.9. The van der Waals surface area contributed by atoms with Crippen molar-refractivity contribution in [2.75, 3.05) is 37.2 Å². The van der Waals surface area contributed by atoms with Crippen LogP contribution in [0.1, 0.15) is 172 Å². The van der Waals surface area contributed by atoms with Crippen LogP contribution >= 0.6 is 24.0 Å². The van der Waals surface area contributed by atoms with Crippen molar-refractivity contribution >= 4 is 127 Å². The minimum absolute atomic E-state index is 0. The number of benzene rings is 3. The lowest BCUT2D eigenvalue weighted by Crippen LogP contribution is -2.37. The number of aromatic nitrogens is 5. The average molecular weight is 1370 g/mol. The lowest BCUT2D eigenvalue weighted by Gasteiger charge is -2.20. The largest absolute Gasteiger partial charge is 0.481 e. The van der Waals surface area contributed by atoms with Gasteiger partial charge in [0, 0.05) is 62.4 Å². The molecule has 0 aliphatic heterocycles. The summed E-state index contributed by atoms with van der Waals surface area (Å²) in [5, 5.41) is 45.6. The molecule has 6 rings (SSSR count). The second-order valence-corrected chi connectivity index (χ2v) is 25.1. The van der Waals surface area contributed by atoms with Gasteiger partial charge in [0.05, 0.1) is 72.5 Å². The smallest absolute Gasteiger partial charge is 0.306 e. The number of para-hydroxylation sites is 1. The number of nitrogens with zero attached hydrogens (tertiary/aromatic N) is 5. The van der Waals surface area contributed by atoms with Gasteiger partial charge >= 0.3 is 17.9 Å². The first-order chi connectivity index (χ1) is 41.7. The van der Waals surface area contributed by atoms with Crippen molar-refractivity contribution < 1.29 is 63.1 Å². The Balaban J connectivity index is 0.000000387. The maximum atomic E-state index is 12.9. The molecule has 0 atom stereocenters. The zero-order valence-corrected chi connectivity index (χ0v) is 56.8. The van der Waals surface area contributed by atoms with Gasteiger partial charge in [-0.2, -0.15) is 0 Å². The van der Waals surface area contributed by atoms with Crippen LogP contribution in [0.2, 0.25) is 0 Å². The van der Waals surface area contributed by atoms with E-state index in [1.54, 1.807) is 55.4 Å². The normalized spacial score (nSPS) is 11.6. The van der Waals surface area contributed by atoms with Gasteiger partial charge in [-0.25, -0.2) is 15.0 Å². The van der Waals surface area contributed by atoms with Crippen LogP contribution in [0.4, 0.5) is 11.5 Å². The van der Waals surface area contributed by atoms with Gasteiger partial charge < -0.3 is 66.2 Å². The number of imidazole rings is 2. The number of anilines is 2. The number of hydrogen-bond acceptors (Lipinski definition) is 16. The van der Waals surface area contributed by atoms with Gasteiger partial charge in [0.1, 0.15) is 33.9 Å². The molecule has 3 heterocycles. The van der Waals surface area contributed by atoms with E-state index in [9.17, 15) is 48.6 Å². The number of nitrogen functional groups attached to an aromatic ring is 1. The van der Waals surface area contributed by atoms with Crippen LogP contribution < -0.4 is 32.3 Å². The fourth-order valence-corrected chi connectivity index (χ4v) is 9.36. The molecule has 90 heavy (non-hydrogen) atoms. The number of nitrogens with two attached hydrogens (primary N) is 1. The van der Waals surface area contributed by atoms with Crippen molar-refractivity contribution in [3.05, 3.63) is 66.2 Å². The van der Waals surface area contributed by atoms with E-state index in [1.165, 1.54) is 0 Å². The van der Waals surface area contributed by atoms with Gasteiger partial charge in [-0.15, -0.1) is 24.0 Å². The highest BCUT2D eigenvalue weighted by Crippen LogP contribution is 2.34. The predicted octanol–water partition coefficient (Wildman–Crippen LogP) is 8.48. The highest BCUT2D eigenvalue weighted by molar-refractivity contribution is 14.0. The lowest BCUT2D eigenvalue weighted by atomic mass is 10.1. The van der Waals surface area contributed by atoms with Gasteiger partial charge in [-0.3, -0.25) is 38.4 Å². The number of nitrogens with one attached hydrogen (secondary N) is 5. The number of aliphatic carboxylic acids is 1. The summed E-state index contributed by atoms with van der Waals surface area (Å²) in [5.74, 6) is -1.20. The minimum atomic E-state index is -0.956. The Kier molecular flexibility index (Phi) is 30.5. The van der Waals surface area contributed by atoms with Crippen molar-refractivity contribution in [2.45, 2.75) is 208 Å². The molecule has 0 saturated heterocycles.